The first-order chi connectivity index (χ1) is 10.3. The van der Waals surface area contributed by atoms with E-state index in [0.717, 1.165) is 11.3 Å². The lowest BCUT2D eigenvalue weighted by atomic mass is 9.98. The Labute approximate surface area is 124 Å². The maximum Gasteiger partial charge on any atom is 0.123 e. The number of imidazole rings is 1. The van der Waals surface area contributed by atoms with E-state index in [0.29, 0.717) is 17.9 Å². The molecule has 21 heavy (non-hydrogen) atoms. The number of fused-ring (bicyclic) bond motifs is 1. The fourth-order valence-electron chi connectivity index (χ4n) is 3.89. The summed E-state index contributed by atoms with van der Waals surface area (Å²) in [4.78, 5) is 11.3. The maximum absolute atomic E-state index is 5.69. The number of pyridine rings is 1. The molecule has 0 bridgehead atoms. The second kappa shape index (κ2) is 5.15. The number of aromatic nitrogens is 3. The molecule has 2 fully saturated rings. The minimum absolute atomic E-state index is 0.542. The van der Waals surface area contributed by atoms with Gasteiger partial charge in [0, 0.05) is 24.3 Å². The molecule has 2 unspecified atom stereocenters. The van der Waals surface area contributed by atoms with Crippen LogP contribution in [0, 0.1) is 0 Å². The molecule has 4 rings (SSSR count). The first-order valence-electron chi connectivity index (χ1n) is 7.81. The minimum atomic E-state index is 0.542. The summed E-state index contributed by atoms with van der Waals surface area (Å²) in [6, 6.07) is 5.10. The quantitative estimate of drug-likeness (QED) is 0.919. The molecule has 0 saturated carbocycles. The Balaban J connectivity index is 1.67. The van der Waals surface area contributed by atoms with Gasteiger partial charge in [0.1, 0.15) is 5.82 Å². The van der Waals surface area contributed by atoms with E-state index in [1.165, 1.54) is 38.8 Å². The van der Waals surface area contributed by atoms with Crippen molar-refractivity contribution in [3.8, 4) is 11.3 Å². The summed E-state index contributed by atoms with van der Waals surface area (Å²) in [6.07, 6.45) is 11.0. The third-order valence-corrected chi connectivity index (χ3v) is 4.93. The molecule has 2 aromatic heterocycles. The van der Waals surface area contributed by atoms with E-state index in [2.05, 4.69) is 19.4 Å². The predicted molar refractivity (Wildman–Crippen MR) is 82.7 cm³/mol. The zero-order valence-electron chi connectivity index (χ0n) is 12.2. The van der Waals surface area contributed by atoms with E-state index < -0.39 is 0 Å². The standard InChI is InChI=1S/C16H21N5/c17-16-5-4-12(9-19-16)15-10-18-11-21(15)14-6-8-20-7-2-1-3-13(14)20/h4-5,9-11,13-14H,1-3,6-8H2,(H2,17,19). The van der Waals surface area contributed by atoms with Crippen molar-refractivity contribution in [3.63, 3.8) is 0 Å². The number of hydrogen-bond donors (Lipinski definition) is 1. The van der Waals surface area contributed by atoms with Crippen molar-refractivity contribution in [2.24, 2.45) is 0 Å². The molecule has 0 spiro atoms. The zero-order valence-corrected chi connectivity index (χ0v) is 12.2. The Morgan fingerprint density at radius 3 is 2.86 bits per heavy atom. The van der Waals surface area contributed by atoms with Gasteiger partial charge in [0.05, 0.1) is 24.3 Å². The van der Waals surface area contributed by atoms with Crippen LogP contribution in [0.3, 0.4) is 0 Å². The lowest BCUT2D eigenvalue weighted by molar-refractivity contribution is 0.174. The number of nitrogens with two attached hydrogens (primary N) is 1. The van der Waals surface area contributed by atoms with E-state index in [1.807, 2.05) is 30.9 Å². The van der Waals surface area contributed by atoms with Crippen LogP contribution < -0.4 is 5.73 Å². The van der Waals surface area contributed by atoms with Crippen molar-refractivity contribution >= 4 is 5.82 Å². The lowest BCUT2D eigenvalue weighted by Crippen LogP contribution is -2.37. The number of hydrogen-bond acceptors (Lipinski definition) is 4. The lowest BCUT2D eigenvalue weighted by Gasteiger charge is -2.33. The van der Waals surface area contributed by atoms with Crippen LogP contribution in [-0.4, -0.2) is 38.6 Å². The second-order valence-electron chi connectivity index (χ2n) is 6.11. The highest BCUT2D eigenvalue weighted by atomic mass is 15.2. The number of nitrogens with zero attached hydrogens (tertiary/aromatic N) is 4. The molecule has 0 aliphatic carbocycles. The minimum Gasteiger partial charge on any atom is -0.384 e. The molecule has 0 amide bonds. The van der Waals surface area contributed by atoms with E-state index in [1.54, 1.807) is 0 Å². The van der Waals surface area contributed by atoms with Crippen molar-refractivity contribution in [2.75, 3.05) is 18.8 Å². The Kier molecular flexibility index (Phi) is 3.15. The summed E-state index contributed by atoms with van der Waals surface area (Å²) in [5, 5.41) is 0. The van der Waals surface area contributed by atoms with Gasteiger partial charge in [-0.25, -0.2) is 9.97 Å². The van der Waals surface area contributed by atoms with Gasteiger partial charge in [-0.05, 0) is 37.9 Å². The van der Waals surface area contributed by atoms with E-state index in [9.17, 15) is 0 Å². The van der Waals surface area contributed by atoms with Gasteiger partial charge >= 0.3 is 0 Å². The molecular weight excluding hydrogens is 262 g/mol. The van der Waals surface area contributed by atoms with E-state index in [-0.39, 0.29) is 0 Å². The summed E-state index contributed by atoms with van der Waals surface area (Å²) in [5.74, 6) is 0.559. The first-order valence-corrected chi connectivity index (χ1v) is 7.81. The molecule has 2 N–H and O–H groups in total. The monoisotopic (exact) mass is 283 g/mol. The third kappa shape index (κ3) is 2.21. The summed E-state index contributed by atoms with van der Waals surface area (Å²) in [5.41, 5.74) is 7.93. The van der Waals surface area contributed by atoms with Crippen LogP contribution in [0.5, 0.6) is 0 Å². The van der Waals surface area contributed by atoms with Gasteiger partial charge in [-0.3, -0.25) is 4.90 Å². The largest absolute Gasteiger partial charge is 0.384 e. The summed E-state index contributed by atoms with van der Waals surface area (Å²) in [7, 11) is 0. The molecular formula is C16H21N5. The zero-order chi connectivity index (χ0) is 14.2. The Morgan fingerprint density at radius 1 is 1.05 bits per heavy atom. The molecule has 2 aliphatic rings. The average molecular weight is 283 g/mol. The van der Waals surface area contributed by atoms with Crippen molar-refractivity contribution in [2.45, 2.75) is 37.8 Å². The van der Waals surface area contributed by atoms with Gasteiger partial charge in [-0.2, -0.15) is 0 Å². The van der Waals surface area contributed by atoms with Crippen LogP contribution in [0.1, 0.15) is 31.7 Å². The molecule has 0 radical (unpaired) electrons. The Bertz CT molecular complexity index is 618. The average Bonchev–Trinajstić information content (AvgIpc) is 3.14. The van der Waals surface area contributed by atoms with Gasteiger partial charge in [0.25, 0.3) is 0 Å². The number of rotatable bonds is 2. The van der Waals surface area contributed by atoms with Crippen molar-refractivity contribution in [1.82, 2.24) is 19.4 Å². The number of piperidine rings is 1. The molecule has 2 aromatic rings. The van der Waals surface area contributed by atoms with Crippen LogP contribution in [0.2, 0.25) is 0 Å². The fourth-order valence-corrected chi connectivity index (χ4v) is 3.89. The predicted octanol–water partition coefficient (Wildman–Crippen LogP) is 2.33. The van der Waals surface area contributed by atoms with Crippen LogP contribution >= 0.6 is 0 Å². The van der Waals surface area contributed by atoms with E-state index >= 15 is 0 Å². The van der Waals surface area contributed by atoms with Gasteiger partial charge in [-0.1, -0.05) is 6.42 Å². The number of anilines is 1. The van der Waals surface area contributed by atoms with Crippen molar-refractivity contribution in [3.05, 3.63) is 30.9 Å². The summed E-state index contributed by atoms with van der Waals surface area (Å²) < 4.78 is 2.35. The fraction of sp³-hybridized carbons (Fsp3) is 0.500. The molecule has 5 heteroatoms. The van der Waals surface area contributed by atoms with Gasteiger partial charge in [0.2, 0.25) is 0 Å². The highest BCUT2D eigenvalue weighted by Gasteiger charge is 2.37. The second-order valence-corrected chi connectivity index (χ2v) is 6.11. The van der Waals surface area contributed by atoms with Gasteiger partial charge < -0.3 is 10.3 Å². The van der Waals surface area contributed by atoms with Gasteiger partial charge in [-0.15, -0.1) is 0 Å². The molecule has 2 saturated heterocycles. The van der Waals surface area contributed by atoms with Crippen LogP contribution in [0.4, 0.5) is 5.82 Å². The van der Waals surface area contributed by atoms with Crippen molar-refractivity contribution in [1.29, 1.82) is 0 Å². The van der Waals surface area contributed by atoms with Gasteiger partial charge in [0.15, 0.2) is 0 Å². The third-order valence-electron chi connectivity index (χ3n) is 4.93. The number of nitrogen functional groups attached to an aromatic ring is 1. The maximum atomic E-state index is 5.69. The molecule has 4 heterocycles. The highest BCUT2D eigenvalue weighted by molar-refractivity contribution is 5.59. The molecule has 2 atom stereocenters. The smallest absolute Gasteiger partial charge is 0.123 e. The topological polar surface area (TPSA) is 60.0 Å². The Hall–Kier alpha value is -1.88. The van der Waals surface area contributed by atoms with Crippen LogP contribution in [-0.2, 0) is 0 Å². The normalized spacial score (nSPS) is 25.9. The highest BCUT2D eigenvalue weighted by Crippen LogP contribution is 2.37. The molecule has 5 nitrogen and oxygen atoms in total. The SMILES string of the molecule is Nc1ccc(-c2cncn2C2CCN3CCCCC23)cn1. The summed E-state index contributed by atoms with van der Waals surface area (Å²) in [6.45, 7) is 2.47. The van der Waals surface area contributed by atoms with Crippen LogP contribution in [0.25, 0.3) is 11.3 Å². The summed E-state index contributed by atoms with van der Waals surface area (Å²) >= 11 is 0. The molecule has 0 aromatic carbocycles. The molecule has 110 valence electrons. The van der Waals surface area contributed by atoms with Crippen molar-refractivity contribution < 1.29 is 0 Å². The van der Waals surface area contributed by atoms with Crippen LogP contribution in [0.15, 0.2) is 30.9 Å². The molecule has 2 aliphatic heterocycles. The Morgan fingerprint density at radius 2 is 2.00 bits per heavy atom. The van der Waals surface area contributed by atoms with E-state index in [4.69, 9.17) is 5.73 Å². The first kappa shape index (κ1) is 12.8.